The van der Waals surface area contributed by atoms with E-state index in [1.807, 2.05) is 55.4 Å². The second-order valence-electron chi connectivity index (χ2n) is 7.68. The minimum absolute atomic E-state index is 0.122. The summed E-state index contributed by atoms with van der Waals surface area (Å²) in [4.78, 5) is 11.7. The monoisotopic (exact) mass is 370 g/mol. The van der Waals surface area contributed by atoms with E-state index in [2.05, 4.69) is 0 Å². The smallest absolute Gasteiger partial charge is 0.304 e. The van der Waals surface area contributed by atoms with Crippen LogP contribution in [0.25, 0.3) is 0 Å². The first kappa shape index (κ1) is 20.8. The van der Waals surface area contributed by atoms with Crippen LogP contribution in [0.4, 0.5) is 0 Å². The Morgan fingerprint density at radius 3 is 1.22 bits per heavy atom. The molecule has 2 rings (SSSR count). The van der Waals surface area contributed by atoms with Gasteiger partial charge in [-0.25, -0.2) is 0 Å². The Hall–Kier alpha value is -2.49. The van der Waals surface area contributed by atoms with Gasteiger partial charge in [-0.3, -0.25) is 4.79 Å². The van der Waals surface area contributed by atoms with Crippen molar-refractivity contribution in [3.63, 3.8) is 0 Å². The van der Waals surface area contributed by atoms with E-state index in [1.165, 1.54) is 0 Å². The van der Waals surface area contributed by atoms with E-state index in [4.69, 9.17) is 0 Å². The molecule has 0 radical (unpaired) electrons. The molecule has 0 saturated heterocycles. The number of phenolic OH excluding ortho intramolecular Hbond substituents is 2. The number of hydrogen-bond donors (Lipinski definition) is 3. The van der Waals surface area contributed by atoms with E-state index >= 15 is 0 Å². The van der Waals surface area contributed by atoms with Gasteiger partial charge in [0.15, 0.2) is 0 Å². The van der Waals surface area contributed by atoms with Crippen LogP contribution >= 0.6 is 0 Å². The minimum Gasteiger partial charge on any atom is -0.507 e. The van der Waals surface area contributed by atoms with Crippen LogP contribution < -0.4 is 0 Å². The predicted octanol–water partition coefficient (Wildman–Crippen LogP) is 5.17. The van der Waals surface area contributed by atoms with Crippen molar-refractivity contribution in [3.8, 4) is 11.5 Å². The Bertz CT molecular complexity index is 811. The molecule has 0 amide bonds. The van der Waals surface area contributed by atoms with Gasteiger partial charge in [-0.15, -0.1) is 0 Å². The molecule has 0 unspecified atom stereocenters. The van der Waals surface area contributed by atoms with Gasteiger partial charge in [-0.1, -0.05) is 0 Å². The summed E-state index contributed by atoms with van der Waals surface area (Å²) in [6.45, 7) is 15.4. The lowest BCUT2D eigenvalue weighted by Gasteiger charge is -2.27. The van der Waals surface area contributed by atoms with Gasteiger partial charge in [0.25, 0.3) is 0 Å². The fourth-order valence-corrected chi connectivity index (χ4v) is 4.02. The first-order chi connectivity index (χ1) is 12.4. The third-order valence-electron chi connectivity index (χ3n) is 6.48. The van der Waals surface area contributed by atoms with Gasteiger partial charge in [0.05, 0.1) is 6.42 Å². The topological polar surface area (TPSA) is 77.8 Å². The van der Waals surface area contributed by atoms with Gasteiger partial charge in [0.1, 0.15) is 11.5 Å². The quantitative estimate of drug-likeness (QED) is 0.694. The highest BCUT2D eigenvalue weighted by molar-refractivity contribution is 5.72. The molecule has 3 N–H and O–H groups in total. The maximum absolute atomic E-state index is 11.7. The van der Waals surface area contributed by atoms with Crippen molar-refractivity contribution in [2.45, 2.75) is 67.7 Å². The summed E-state index contributed by atoms with van der Waals surface area (Å²) in [6, 6.07) is 0. The molecule has 0 fully saturated rings. The molecule has 4 heteroatoms. The Morgan fingerprint density at radius 2 is 0.926 bits per heavy atom. The highest BCUT2D eigenvalue weighted by Gasteiger charge is 2.30. The van der Waals surface area contributed by atoms with Crippen LogP contribution in [0.3, 0.4) is 0 Å². The second kappa shape index (κ2) is 7.26. The molecule has 0 spiro atoms. The lowest BCUT2D eigenvalue weighted by atomic mass is 9.77. The van der Waals surface area contributed by atoms with Crippen molar-refractivity contribution in [1.29, 1.82) is 0 Å². The van der Waals surface area contributed by atoms with Crippen molar-refractivity contribution >= 4 is 5.97 Å². The highest BCUT2D eigenvalue weighted by Crippen LogP contribution is 2.46. The average Bonchev–Trinajstić information content (AvgIpc) is 2.61. The summed E-state index contributed by atoms with van der Waals surface area (Å²) < 4.78 is 0. The van der Waals surface area contributed by atoms with Gasteiger partial charge in [-0.2, -0.15) is 0 Å². The Morgan fingerprint density at radius 1 is 0.630 bits per heavy atom. The summed E-state index contributed by atoms with van der Waals surface area (Å²) in [7, 11) is 0. The zero-order chi connectivity index (χ0) is 20.8. The highest BCUT2D eigenvalue weighted by atomic mass is 16.4. The summed E-state index contributed by atoms with van der Waals surface area (Å²) >= 11 is 0. The minimum atomic E-state index is -0.968. The van der Waals surface area contributed by atoms with E-state index in [0.717, 1.165) is 44.5 Å². The van der Waals surface area contributed by atoms with Crippen molar-refractivity contribution < 1.29 is 20.1 Å². The average molecular weight is 370 g/mol. The van der Waals surface area contributed by atoms with Crippen LogP contribution in [0.15, 0.2) is 0 Å². The van der Waals surface area contributed by atoms with Crippen molar-refractivity contribution in [2.24, 2.45) is 0 Å². The summed E-state index contributed by atoms with van der Waals surface area (Å²) in [6.07, 6.45) is -0.202. The first-order valence-electron chi connectivity index (χ1n) is 9.21. The van der Waals surface area contributed by atoms with Gasteiger partial charge in [0, 0.05) is 17.0 Å². The molecule has 0 atom stereocenters. The molecule has 27 heavy (non-hydrogen) atoms. The number of aliphatic carboxylic acids is 1. The zero-order valence-corrected chi connectivity index (χ0v) is 17.5. The van der Waals surface area contributed by atoms with E-state index in [9.17, 15) is 20.1 Å². The molecule has 0 heterocycles. The third-order valence-corrected chi connectivity index (χ3v) is 6.48. The first-order valence-corrected chi connectivity index (χ1v) is 9.21. The molecule has 2 aromatic carbocycles. The van der Waals surface area contributed by atoms with Crippen LogP contribution in [-0.4, -0.2) is 21.3 Å². The second-order valence-corrected chi connectivity index (χ2v) is 7.68. The molecule has 2 aromatic rings. The number of aromatic hydroxyl groups is 2. The molecule has 0 aliphatic rings. The standard InChI is InChI=1S/C23H30O4/c1-10-12(3)16(7)22(26)20(14(10)5)18(9-19(24)25)21-15(6)11(2)13(4)17(8)23(21)27/h18,26-27H,9H2,1-8H3,(H,24,25). The maximum Gasteiger partial charge on any atom is 0.304 e. The molecule has 4 nitrogen and oxygen atoms in total. The van der Waals surface area contributed by atoms with Crippen LogP contribution in [0.2, 0.25) is 0 Å². The van der Waals surface area contributed by atoms with Crippen LogP contribution in [0, 0.1) is 55.4 Å². The lowest BCUT2D eigenvalue weighted by Crippen LogP contribution is -2.14. The normalized spacial score (nSPS) is 11.3. The van der Waals surface area contributed by atoms with E-state index in [-0.39, 0.29) is 17.9 Å². The fourth-order valence-electron chi connectivity index (χ4n) is 4.02. The molecule has 0 aliphatic carbocycles. The molecule has 0 saturated carbocycles. The summed E-state index contributed by atoms with van der Waals surface area (Å²) in [5.74, 6) is -1.35. The van der Waals surface area contributed by atoms with Crippen LogP contribution in [0.5, 0.6) is 11.5 Å². The number of carbonyl (C=O) groups is 1. The van der Waals surface area contributed by atoms with Crippen molar-refractivity contribution in [2.75, 3.05) is 0 Å². The van der Waals surface area contributed by atoms with Crippen LogP contribution in [0.1, 0.15) is 68.0 Å². The SMILES string of the molecule is Cc1c(C)c(C)c(C(CC(=O)O)c2c(C)c(C)c(C)c(C)c2O)c(O)c1C. The number of phenols is 2. The number of carboxylic acids is 1. The predicted molar refractivity (Wildman–Crippen MR) is 108 cm³/mol. The largest absolute Gasteiger partial charge is 0.507 e. The number of rotatable bonds is 4. The maximum atomic E-state index is 11.7. The van der Waals surface area contributed by atoms with Crippen LogP contribution in [-0.2, 0) is 4.79 Å². The number of benzene rings is 2. The van der Waals surface area contributed by atoms with Gasteiger partial charge < -0.3 is 15.3 Å². The Labute approximate surface area is 161 Å². The lowest BCUT2D eigenvalue weighted by molar-refractivity contribution is -0.137. The Kier molecular flexibility index (Phi) is 5.60. The van der Waals surface area contributed by atoms with E-state index in [0.29, 0.717) is 11.1 Å². The fraction of sp³-hybridized carbons (Fsp3) is 0.435. The van der Waals surface area contributed by atoms with Crippen molar-refractivity contribution in [3.05, 3.63) is 55.6 Å². The molecule has 0 aliphatic heterocycles. The summed E-state index contributed by atoms with van der Waals surface area (Å²) in [5.41, 5.74) is 8.51. The Balaban J connectivity index is 2.96. The molecule has 0 aromatic heterocycles. The molecule has 146 valence electrons. The van der Waals surface area contributed by atoms with Gasteiger partial charge in [-0.05, 0) is 99.9 Å². The zero-order valence-electron chi connectivity index (χ0n) is 17.5. The van der Waals surface area contributed by atoms with E-state index in [1.54, 1.807) is 0 Å². The van der Waals surface area contributed by atoms with Gasteiger partial charge >= 0.3 is 5.97 Å². The van der Waals surface area contributed by atoms with E-state index < -0.39 is 11.9 Å². The van der Waals surface area contributed by atoms with Gasteiger partial charge in [0.2, 0.25) is 0 Å². The molecular formula is C23H30O4. The third kappa shape index (κ3) is 3.29. The molecule has 0 bridgehead atoms. The number of hydrogen-bond acceptors (Lipinski definition) is 3. The summed E-state index contributed by atoms with van der Waals surface area (Å²) in [5, 5.41) is 31.5. The van der Waals surface area contributed by atoms with Crippen molar-refractivity contribution in [1.82, 2.24) is 0 Å². The molecular weight excluding hydrogens is 340 g/mol. The number of carboxylic acid groups (broad SMARTS) is 1.